The third kappa shape index (κ3) is 3.23. The highest BCUT2D eigenvalue weighted by atomic mass is 19.1. The maximum atomic E-state index is 13.7. The van der Waals surface area contributed by atoms with Gasteiger partial charge in [-0.15, -0.1) is 0 Å². The van der Waals surface area contributed by atoms with Gasteiger partial charge in [0.2, 0.25) is 5.91 Å². The SMILES string of the molecule is CC(=O)N1CCc2ccc(NC(=O)c3ccccc3F)cc2C1. The predicted molar refractivity (Wildman–Crippen MR) is 85.6 cm³/mol. The van der Waals surface area contributed by atoms with Crippen molar-refractivity contribution < 1.29 is 14.0 Å². The largest absolute Gasteiger partial charge is 0.338 e. The van der Waals surface area contributed by atoms with Crippen molar-refractivity contribution in [1.82, 2.24) is 4.90 Å². The predicted octanol–water partition coefficient (Wildman–Crippen LogP) is 2.98. The molecular weight excluding hydrogens is 295 g/mol. The Kier molecular flexibility index (Phi) is 4.10. The Labute approximate surface area is 133 Å². The van der Waals surface area contributed by atoms with Crippen molar-refractivity contribution in [2.45, 2.75) is 19.9 Å². The molecule has 0 fully saturated rings. The van der Waals surface area contributed by atoms with Crippen LogP contribution in [0.1, 0.15) is 28.4 Å². The van der Waals surface area contributed by atoms with E-state index in [9.17, 15) is 14.0 Å². The molecule has 4 nitrogen and oxygen atoms in total. The molecule has 1 aliphatic heterocycles. The zero-order valence-corrected chi connectivity index (χ0v) is 12.8. The van der Waals surface area contributed by atoms with Gasteiger partial charge in [-0.3, -0.25) is 9.59 Å². The molecule has 3 rings (SSSR count). The summed E-state index contributed by atoms with van der Waals surface area (Å²) < 4.78 is 13.7. The Bertz CT molecular complexity index is 773. The van der Waals surface area contributed by atoms with Crippen LogP contribution >= 0.6 is 0 Å². The summed E-state index contributed by atoms with van der Waals surface area (Å²) in [5.41, 5.74) is 2.79. The molecule has 0 radical (unpaired) electrons. The van der Waals surface area contributed by atoms with Gasteiger partial charge in [0.15, 0.2) is 0 Å². The molecule has 5 heteroatoms. The van der Waals surface area contributed by atoms with Crippen LogP contribution in [0.25, 0.3) is 0 Å². The van der Waals surface area contributed by atoms with Crippen LogP contribution in [0.2, 0.25) is 0 Å². The fourth-order valence-electron chi connectivity index (χ4n) is 2.75. The smallest absolute Gasteiger partial charge is 0.258 e. The molecule has 1 aliphatic rings. The van der Waals surface area contributed by atoms with Gasteiger partial charge in [-0.25, -0.2) is 4.39 Å². The first-order valence-electron chi connectivity index (χ1n) is 7.48. The lowest BCUT2D eigenvalue weighted by Gasteiger charge is -2.28. The summed E-state index contributed by atoms with van der Waals surface area (Å²) in [4.78, 5) is 25.4. The molecule has 2 amide bonds. The topological polar surface area (TPSA) is 49.4 Å². The molecule has 0 atom stereocenters. The van der Waals surface area contributed by atoms with Crippen LogP contribution in [0.15, 0.2) is 42.5 Å². The van der Waals surface area contributed by atoms with E-state index in [0.717, 1.165) is 12.0 Å². The second-order valence-electron chi connectivity index (χ2n) is 5.61. The van der Waals surface area contributed by atoms with E-state index in [2.05, 4.69) is 5.32 Å². The zero-order chi connectivity index (χ0) is 16.4. The lowest BCUT2D eigenvalue weighted by Crippen LogP contribution is -2.34. The summed E-state index contributed by atoms with van der Waals surface area (Å²) in [6.45, 7) is 2.80. The second-order valence-corrected chi connectivity index (χ2v) is 5.61. The van der Waals surface area contributed by atoms with E-state index < -0.39 is 11.7 Å². The normalized spacial score (nSPS) is 13.4. The van der Waals surface area contributed by atoms with Crippen LogP contribution in [-0.2, 0) is 17.8 Å². The summed E-state index contributed by atoms with van der Waals surface area (Å²) in [5.74, 6) is -0.996. The number of nitrogens with zero attached hydrogens (tertiary/aromatic N) is 1. The minimum Gasteiger partial charge on any atom is -0.338 e. The van der Waals surface area contributed by atoms with Crippen LogP contribution in [0.5, 0.6) is 0 Å². The summed E-state index contributed by atoms with van der Waals surface area (Å²) in [6.07, 6.45) is 0.802. The Morgan fingerprint density at radius 3 is 2.65 bits per heavy atom. The molecule has 2 aromatic rings. The number of benzene rings is 2. The van der Waals surface area contributed by atoms with Gasteiger partial charge in [0.1, 0.15) is 5.82 Å². The number of nitrogens with one attached hydrogen (secondary N) is 1. The van der Waals surface area contributed by atoms with E-state index in [0.29, 0.717) is 18.8 Å². The Morgan fingerprint density at radius 1 is 1.13 bits per heavy atom. The highest BCUT2D eigenvalue weighted by Crippen LogP contribution is 2.23. The van der Waals surface area contributed by atoms with Gasteiger partial charge in [0.25, 0.3) is 5.91 Å². The number of halogens is 1. The fraction of sp³-hybridized carbons (Fsp3) is 0.222. The lowest BCUT2D eigenvalue weighted by molar-refractivity contribution is -0.129. The Hall–Kier alpha value is -2.69. The van der Waals surface area contributed by atoms with Crippen LogP contribution in [0.4, 0.5) is 10.1 Å². The van der Waals surface area contributed by atoms with Crippen molar-refractivity contribution in [3.05, 3.63) is 65.0 Å². The molecule has 0 saturated heterocycles. The van der Waals surface area contributed by atoms with Crippen molar-refractivity contribution in [3.8, 4) is 0 Å². The van der Waals surface area contributed by atoms with E-state index >= 15 is 0 Å². The minimum absolute atomic E-state index is 0.00980. The summed E-state index contributed by atoms with van der Waals surface area (Å²) in [6, 6.07) is 11.5. The average Bonchev–Trinajstić information content (AvgIpc) is 2.54. The molecule has 1 heterocycles. The monoisotopic (exact) mass is 312 g/mol. The van der Waals surface area contributed by atoms with Crippen LogP contribution in [-0.4, -0.2) is 23.3 Å². The second kappa shape index (κ2) is 6.20. The van der Waals surface area contributed by atoms with Crippen molar-refractivity contribution in [1.29, 1.82) is 0 Å². The van der Waals surface area contributed by atoms with Crippen LogP contribution in [0, 0.1) is 5.82 Å². The Morgan fingerprint density at radius 2 is 1.91 bits per heavy atom. The summed E-state index contributed by atoms with van der Waals surface area (Å²) in [5, 5.41) is 2.71. The van der Waals surface area contributed by atoms with Crippen molar-refractivity contribution in [2.24, 2.45) is 0 Å². The van der Waals surface area contributed by atoms with Gasteiger partial charge in [-0.1, -0.05) is 18.2 Å². The molecule has 2 aromatic carbocycles. The molecule has 23 heavy (non-hydrogen) atoms. The first kappa shape index (κ1) is 15.2. The first-order chi connectivity index (χ1) is 11.0. The van der Waals surface area contributed by atoms with Gasteiger partial charge in [0.05, 0.1) is 5.56 Å². The maximum absolute atomic E-state index is 13.7. The number of carbonyl (C=O) groups excluding carboxylic acids is 2. The standard InChI is InChI=1S/C18H17FN2O2/c1-12(22)21-9-8-13-6-7-15(10-14(13)11-21)20-18(23)16-4-2-3-5-17(16)19/h2-7,10H,8-9,11H2,1H3,(H,20,23). The third-order valence-electron chi connectivity index (χ3n) is 4.04. The Balaban J connectivity index is 1.80. The molecule has 0 aliphatic carbocycles. The van der Waals surface area contributed by atoms with Crippen molar-refractivity contribution in [2.75, 3.05) is 11.9 Å². The highest BCUT2D eigenvalue weighted by Gasteiger charge is 2.19. The quantitative estimate of drug-likeness (QED) is 0.927. The molecule has 0 spiro atoms. The molecule has 0 unspecified atom stereocenters. The van der Waals surface area contributed by atoms with Gasteiger partial charge in [-0.2, -0.15) is 0 Å². The zero-order valence-electron chi connectivity index (χ0n) is 12.8. The summed E-state index contributed by atoms with van der Waals surface area (Å²) >= 11 is 0. The lowest BCUT2D eigenvalue weighted by atomic mass is 9.99. The minimum atomic E-state index is -0.550. The van der Waals surface area contributed by atoms with E-state index in [4.69, 9.17) is 0 Å². The van der Waals surface area contributed by atoms with E-state index in [1.54, 1.807) is 30.0 Å². The van der Waals surface area contributed by atoms with Crippen LogP contribution in [0.3, 0.4) is 0 Å². The molecule has 118 valence electrons. The third-order valence-corrected chi connectivity index (χ3v) is 4.04. The van der Waals surface area contributed by atoms with Crippen molar-refractivity contribution >= 4 is 17.5 Å². The number of anilines is 1. The maximum Gasteiger partial charge on any atom is 0.258 e. The molecule has 0 saturated carbocycles. The van der Waals surface area contributed by atoms with Gasteiger partial charge in [0, 0.05) is 25.7 Å². The molecule has 0 bridgehead atoms. The van der Waals surface area contributed by atoms with E-state index in [1.807, 2.05) is 12.1 Å². The molecule has 1 N–H and O–H groups in total. The number of rotatable bonds is 2. The first-order valence-corrected chi connectivity index (χ1v) is 7.48. The molecular formula is C18H17FN2O2. The number of hydrogen-bond donors (Lipinski definition) is 1. The average molecular weight is 312 g/mol. The van der Waals surface area contributed by atoms with Gasteiger partial charge < -0.3 is 10.2 Å². The molecule has 0 aromatic heterocycles. The summed E-state index contributed by atoms with van der Waals surface area (Å²) in [7, 11) is 0. The van der Waals surface area contributed by atoms with E-state index in [-0.39, 0.29) is 11.5 Å². The highest BCUT2D eigenvalue weighted by molar-refractivity contribution is 6.04. The van der Waals surface area contributed by atoms with Crippen molar-refractivity contribution in [3.63, 3.8) is 0 Å². The number of fused-ring (bicyclic) bond motifs is 1. The number of amides is 2. The fourth-order valence-corrected chi connectivity index (χ4v) is 2.75. The van der Waals surface area contributed by atoms with Gasteiger partial charge >= 0.3 is 0 Å². The van der Waals surface area contributed by atoms with E-state index in [1.165, 1.54) is 17.7 Å². The van der Waals surface area contributed by atoms with Crippen LogP contribution < -0.4 is 5.32 Å². The van der Waals surface area contributed by atoms with Gasteiger partial charge in [-0.05, 0) is 41.8 Å². The number of carbonyl (C=O) groups is 2. The number of hydrogen-bond acceptors (Lipinski definition) is 2.